The van der Waals surface area contributed by atoms with Crippen LogP contribution in [0.2, 0.25) is 0 Å². The van der Waals surface area contributed by atoms with Crippen molar-refractivity contribution < 1.29 is 4.42 Å². The van der Waals surface area contributed by atoms with Gasteiger partial charge in [-0.05, 0) is 12.1 Å². The first-order valence-electron chi connectivity index (χ1n) is 5.09. The largest absolute Gasteiger partial charge is 0.431 e. The fourth-order valence-electron chi connectivity index (χ4n) is 1.47. The maximum absolute atomic E-state index is 11.2. The SMILES string of the molecule is Cn1c(Sc2nc3ccc(N)cc3o2)n[nH]c1=O. The Morgan fingerprint density at radius 3 is 3.06 bits per heavy atom. The van der Waals surface area contributed by atoms with E-state index in [0.717, 1.165) is 0 Å². The van der Waals surface area contributed by atoms with E-state index in [1.807, 2.05) is 0 Å². The van der Waals surface area contributed by atoms with E-state index in [9.17, 15) is 4.79 Å². The molecule has 2 heterocycles. The minimum atomic E-state index is -0.280. The number of aromatic nitrogens is 4. The summed E-state index contributed by atoms with van der Waals surface area (Å²) in [4.78, 5) is 15.5. The zero-order valence-corrected chi connectivity index (χ0v) is 10.2. The summed E-state index contributed by atoms with van der Waals surface area (Å²) in [5.74, 6) is 0. The van der Waals surface area contributed by atoms with Crippen molar-refractivity contribution in [3.8, 4) is 0 Å². The third kappa shape index (κ3) is 1.76. The summed E-state index contributed by atoms with van der Waals surface area (Å²) in [6.07, 6.45) is 0. The minimum absolute atomic E-state index is 0.280. The molecule has 0 spiro atoms. The first-order valence-corrected chi connectivity index (χ1v) is 5.90. The van der Waals surface area contributed by atoms with Crippen LogP contribution in [0, 0.1) is 0 Å². The van der Waals surface area contributed by atoms with Gasteiger partial charge in [0.15, 0.2) is 5.58 Å². The quantitative estimate of drug-likeness (QED) is 0.668. The maximum atomic E-state index is 11.2. The first-order chi connectivity index (χ1) is 8.63. The van der Waals surface area contributed by atoms with E-state index >= 15 is 0 Å². The summed E-state index contributed by atoms with van der Waals surface area (Å²) >= 11 is 1.17. The van der Waals surface area contributed by atoms with E-state index < -0.39 is 0 Å². The summed E-state index contributed by atoms with van der Waals surface area (Å²) in [5.41, 5.74) is 7.31. The van der Waals surface area contributed by atoms with E-state index in [4.69, 9.17) is 10.2 Å². The van der Waals surface area contributed by atoms with Crippen molar-refractivity contribution in [1.82, 2.24) is 19.7 Å². The molecule has 8 heteroatoms. The van der Waals surface area contributed by atoms with Gasteiger partial charge in [-0.3, -0.25) is 4.57 Å². The van der Waals surface area contributed by atoms with Gasteiger partial charge in [0, 0.05) is 30.6 Å². The van der Waals surface area contributed by atoms with Crippen LogP contribution < -0.4 is 11.4 Å². The number of nitrogen functional groups attached to an aromatic ring is 1. The number of rotatable bonds is 2. The predicted octanol–water partition coefficient (Wildman–Crippen LogP) is 0.983. The van der Waals surface area contributed by atoms with Crippen LogP contribution >= 0.6 is 11.8 Å². The Bertz CT molecular complexity index is 772. The lowest BCUT2D eigenvalue weighted by Crippen LogP contribution is -2.12. The number of nitrogens with one attached hydrogen (secondary N) is 1. The van der Waals surface area contributed by atoms with Gasteiger partial charge in [0.2, 0.25) is 5.16 Å². The second-order valence-electron chi connectivity index (χ2n) is 3.68. The van der Waals surface area contributed by atoms with Crippen molar-refractivity contribution in [2.24, 2.45) is 7.05 Å². The van der Waals surface area contributed by atoms with Crippen LogP contribution in [-0.2, 0) is 7.05 Å². The van der Waals surface area contributed by atoms with E-state index in [1.54, 1.807) is 25.2 Å². The van der Waals surface area contributed by atoms with E-state index in [2.05, 4.69) is 15.2 Å². The number of H-pyrrole nitrogens is 1. The first kappa shape index (κ1) is 10.9. The normalized spacial score (nSPS) is 11.2. The fourth-order valence-corrected chi connectivity index (χ4v) is 2.21. The highest BCUT2D eigenvalue weighted by molar-refractivity contribution is 7.99. The zero-order chi connectivity index (χ0) is 12.7. The van der Waals surface area contributed by atoms with Crippen molar-refractivity contribution in [3.05, 3.63) is 28.7 Å². The van der Waals surface area contributed by atoms with Crippen LogP contribution in [-0.4, -0.2) is 19.7 Å². The molecule has 0 atom stereocenters. The molecule has 0 amide bonds. The topological polar surface area (TPSA) is 103 Å². The molecule has 2 aromatic heterocycles. The molecular weight excluding hydrogens is 254 g/mol. The molecule has 0 radical (unpaired) electrons. The number of aromatic amines is 1. The molecule has 0 unspecified atom stereocenters. The van der Waals surface area contributed by atoms with Crippen molar-refractivity contribution in [2.75, 3.05) is 5.73 Å². The van der Waals surface area contributed by atoms with Gasteiger partial charge in [-0.25, -0.2) is 14.9 Å². The molecule has 0 aliphatic rings. The molecule has 1 aromatic carbocycles. The molecule has 3 aromatic rings. The fraction of sp³-hybridized carbons (Fsp3) is 0.100. The maximum Gasteiger partial charge on any atom is 0.343 e. The number of hydrogen-bond donors (Lipinski definition) is 2. The third-order valence-corrected chi connectivity index (χ3v) is 3.31. The molecule has 3 rings (SSSR count). The Balaban J connectivity index is 2.00. The monoisotopic (exact) mass is 263 g/mol. The summed E-state index contributed by atoms with van der Waals surface area (Å²) in [6, 6.07) is 5.24. The summed E-state index contributed by atoms with van der Waals surface area (Å²) in [6.45, 7) is 0. The Kier molecular flexibility index (Phi) is 2.37. The molecule has 3 N–H and O–H groups in total. The van der Waals surface area contributed by atoms with Crippen LogP contribution in [0.25, 0.3) is 11.1 Å². The minimum Gasteiger partial charge on any atom is -0.431 e. The van der Waals surface area contributed by atoms with Gasteiger partial charge >= 0.3 is 5.69 Å². The van der Waals surface area contributed by atoms with Gasteiger partial charge in [-0.2, -0.15) is 0 Å². The number of oxazole rings is 1. The standard InChI is InChI=1S/C10H9N5O2S/c1-15-8(16)13-14-9(15)18-10-12-6-3-2-5(11)4-7(6)17-10/h2-4H,11H2,1H3,(H,13,16). The predicted molar refractivity (Wildman–Crippen MR) is 66.4 cm³/mol. The molecule has 0 fully saturated rings. The summed E-state index contributed by atoms with van der Waals surface area (Å²) < 4.78 is 6.90. The molecular formula is C10H9N5O2S. The van der Waals surface area contributed by atoms with Crippen LogP contribution in [0.1, 0.15) is 0 Å². The Morgan fingerprint density at radius 1 is 1.50 bits per heavy atom. The molecule has 7 nitrogen and oxygen atoms in total. The van der Waals surface area contributed by atoms with Gasteiger partial charge in [-0.1, -0.05) is 0 Å². The molecule has 0 saturated carbocycles. The lowest BCUT2D eigenvalue weighted by molar-refractivity contribution is 0.488. The molecule has 92 valence electrons. The van der Waals surface area contributed by atoms with Gasteiger partial charge in [0.25, 0.3) is 5.22 Å². The van der Waals surface area contributed by atoms with Gasteiger partial charge in [-0.15, -0.1) is 5.10 Å². The van der Waals surface area contributed by atoms with Crippen LogP contribution in [0.15, 0.2) is 37.8 Å². The molecule has 0 saturated heterocycles. The van der Waals surface area contributed by atoms with Crippen LogP contribution in [0.4, 0.5) is 5.69 Å². The highest BCUT2D eigenvalue weighted by atomic mass is 32.2. The van der Waals surface area contributed by atoms with E-state index in [1.165, 1.54) is 16.3 Å². The average Bonchev–Trinajstić information content (AvgIpc) is 2.86. The lowest BCUT2D eigenvalue weighted by atomic mass is 10.3. The highest BCUT2D eigenvalue weighted by Crippen LogP contribution is 2.28. The Hall–Kier alpha value is -2.22. The zero-order valence-electron chi connectivity index (χ0n) is 9.38. The lowest BCUT2D eigenvalue weighted by Gasteiger charge is -1.93. The second kappa shape index (κ2) is 3.91. The number of hydrogen-bond acceptors (Lipinski definition) is 6. The van der Waals surface area contributed by atoms with Gasteiger partial charge in [0.05, 0.1) is 0 Å². The van der Waals surface area contributed by atoms with Gasteiger partial charge < -0.3 is 10.2 Å². The molecule has 0 aliphatic carbocycles. The second-order valence-corrected chi connectivity index (χ2v) is 4.60. The number of nitrogens with zero attached hydrogens (tertiary/aromatic N) is 3. The van der Waals surface area contributed by atoms with Crippen molar-refractivity contribution in [2.45, 2.75) is 10.4 Å². The Morgan fingerprint density at radius 2 is 2.33 bits per heavy atom. The molecule has 0 bridgehead atoms. The van der Waals surface area contributed by atoms with Gasteiger partial charge in [0.1, 0.15) is 5.52 Å². The third-order valence-electron chi connectivity index (χ3n) is 2.41. The van der Waals surface area contributed by atoms with Crippen molar-refractivity contribution in [3.63, 3.8) is 0 Å². The van der Waals surface area contributed by atoms with E-state index in [0.29, 0.717) is 27.2 Å². The highest BCUT2D eigenvalue weighted by Gasteiger charge is 2.12. The smallest absolute Gasteiger partial charge is 0.343 e. The number of benzene rings is 1. The molecule has 18 heavy (non-hydrogen) atoms. The number of anilines is 1. The number of fused-ring (bicyclic) bond motifs is 1. The summed E-state index contributed by atoms with van der Waals surface area (Å²) in [5, 5.41) is 7.11. The van der Waals surface area contributed by atoms with Crippen molar-refractivity contribution in [1.29, 1.82) is 0 Å². The average molecular weight is 263 g/mol. The Labute approximate surface area is 105 Å². The van der Waals surface area contributed by atoms with E-state index in [-0.39, 0.29) is 5.69 Å². The van der Waals surface area contributed by atoms with Crippen LogP contribution in [0.3, 0.4) is 0 Å². The summed E-state index contributed by atoms with van der Waals surface area (Å²) in [7, 11) is 1.62. The van der Waals surface area contributed by atoms with Crippen LogP contribution in [0.5, 0.6) is 0 Å². The number of nitrogens with two attached hydrogens (primary N) is 1. The van der Waals surface area contributed by atoms with Crippen molar-refractivity contribution >= 4 is 28.5 Å². The molecule has 0 aliphatic heterocycles.